The monoisotopic (exact) mass is 1040 g/mol. The fourth-order valence-electron chi connectivity index (χ4n) is 10.2. The highest BCUT2D eigenvalue weighted by Crippen LogP contribution is 2.41. The second-order valence-electron chi connectivity index (χ2n) is 18.8. The van der Waals surface area contributed by atoms with Gasteiger partial charge in [0.2, 0.25) is 11.8 Å². The van der Waals surface area contributed by atoms with Gasteiger partial charge in [-0.05, 0) is 86.9 Å². The molecule has 3 aromatic heterocycles. The second-order valence-corrected chi connectivity index (χ2v) is 20.4. The lowest BCUT2D eigenvalue weighted by molar-refractivity contribution is -0.136. The molecular weight excluding hydrogens is 988 g/mol. The number of hydrogen-bond acceptors (Lipinski definition) is 14. The summed E-state index contributed by atoms with van der Waals surface area (Å²) in [5.41, 5.74) is 10.6. The topological polar surface area (TPSA) is 246 Å². The van der Waals surface area contributed by atoms with Gasteiger partial charge in [-0.3, -0.25) is 43.5 Å². The van der Waals surface area contributed by atoms with Crippen LogP contribution in [0.5, 0.6) is 5.75 Å². The molecule has 74 heavy (non-hydrogen) atoms. The van der Waals surface area contributed by atoms with E-state index < -0.39 is 63.5 Å². The Morgan fingerprint density at radius 2 is 1.66 bits per heavy atom. The number of alkyl halides is 2. The van der Waals surface area contributed by atoms with Crippen LogP contribution in [0.2, 0.25) is 0 Å². The minimum absolute atomic E-state index is 0.0337. The lowest BCUT2D eigenvalue weighted by Gasteiger charge is -2.35. The smallest absolute Gasteiger partial charge is 0.409 e. The van der Waals surface area contributed by atoms with Gasteiger partial charge in [-0.2, -0.15) is 19.0 Å². The number of nitrogen functional groups attached to an aromatic ring is 1. The minimum Gasteiger partial charge on any atom is -0.484 e. The Balaban J connectivity index is 0.768. The molecule has 3 aromatic carbocycles. The number of pyridine rings is 1. The number of rotatable bonds is 13. The first-order chi connectivity index (χ1) is 35.4. The van der Waals surface area contributed by atoms with Gasteiger partial charge in [0.1, 0.15) is 35.2 Å². The van der Waals surface area contributed by atoms with Crippen molar-refractivity contribution in [1.82, 2.24) is 39.7 Å². The molecule has 20 nitrogen and oxygen atoms in total. The lowest BCUT2D eigenvalue weighted by atomic mass is 9.96. The number of nitrogens with one attached hydrogen (secondary N) is 2. The van der Waals surface area contributed by atoms with Crippen molar-refractivity contribution in [3.8, 4) is 28.1 Å². The zero-order valence-electron chi connectivity index (χ0n) is 40.0. The molecule has 3 fully saturated rings. The van der Waals surface area contributed by atoms with E-state index in [1.54, 1.807) is 54.1 Å². The molecule has 4 aliphatic heterocycles. The van der Waals surface area contributed by atoms with Crippen molar-refractivity contribution in [2.45, 2.75) is 69.4 Å². The summed E-state index contributed by atoms with van der Waals surface area (Å²) in [6.07, 6.45) is 6.72. The van der Waals surface area contributed by atoms with Crippen LogP contribution in [0.15, 0.2) is 79.3 Å². The molecule has 24 heteroatoms. The summed E-state index contributed by atoms with van der Waals surface area (Å²) >= 11 is 0. The third kappa shape index (κ3) is 9.44. The number of benzene rings is 3. The van der Waals surface area contributed by atoms with E-state index in [-0.39, 0.29) is 59.8 Å². The number of nitrogens with two attached hydrogens (primary N) is 1. The molecule has 5 amide bonds. The Kier molecular flexibility index (Phi) is 13.2. The molecule has 7 heterocycles. The molecule has 0 radical (unpaired) electrons. The minimum atomic E-state index is -5.09. The number of sulfonamides is 1. The molecule has 0 aliphatic carbocycles. The van der Waals surface area contributed by atoms with E-state index in [2.05, 4.69) is 10.3 Å². The van der Waals surface area contributed by atoms with E-state index >= 15 is 0 Å². The number of amides is 5. The highest BCUT2D eigenvalue weighted by atomic mass is 32.2. The van der Waals surface area contributed by atoms with Gasteiger partial charge in [-0.25, -0.2) is 22.6 Å². The van der Waals surface area contributed by atoms with Crippen LogP contribution in [0.4, 0.5) is 35.2 Å². The first-order valence-electron chi connectivity index (χ1n) is 24.0. The number of likely N-dealkylation sites (tertiary alicyclic amines) is 1. The van der Waals surface area contributed by atoms with E-state index in [1.165, 1.54) is 42.5 Å². The van der Waals surface area contributed by atoms with Gasteiger partial charge in [-0.1, -0.05) is 24.3 Å². The molecule has 3 saturated heterocycles. The Morgan fingerprint density at radius 1 is 0.919 bits per heavy atom. The predicted octanol–water partition coefficient (Wildman–Crippen LogP) is 6.42. The van der Waals surface area contributed by atoms with Crippen LogP contribution in [0, 0.1) is 11.7 Å². The number of aromatic nitrogens is 5. The lowest BCUT2D eigenvalue weighted by Crippen LogP contribution is -2.54. The van der Waals surface area contributed by atoms with Crippen molar-refractivity contribution in [1.29, 1.82) is 0 Å². The van der Waals surface area contributed by atoms with Crippen LogP contribution in [0.3, 0.4) is 0 Å². The maximum atomic E-state index is 13.7. The Bertz CT molecular complexity index is 3340. The van der Waals surface area contributed by atoms with Gasteiger partial charge in [-0.15, -0.1) is 0 Å². The van der Waals surface area contributed by atoms with Crippen LogP contribution in [0.1, 0.15) is 83.9 Å². The van der Waals surface area contributed by atoms with Gasteiger partial charge < -0.3 is 25.0 Å². The number of halogens is 3. The molecule has 386 valence electrons. The van der Waals surface area contributed by atoms with Gasteiger partial charge in [0.05, 0.1) is 52.3 Å². The largest absolute Gasteiger partial charge is 0.484 e. The van der Waals surface area contributed by atoms with E-state index in [9.17, 15) is 45.6 Å². The SMILES string of the molecule is CC(Oc1cc(-c2nn(C)c3c(-c4cnn(C5CCN(C(=O)OCC6CCN(c7cccc8c7C(=O)N(C7CCC(=O)NC7=O)C8=O)CC6)CC5)c4)cnc(N)c23)ccc1NS(=O)(=O)C(F)F)c1ccc(F)cc1. The average Bonchev–Trinajstić information content (AvgIpc) is 4.09. The Hall–Kier alpha value is -8.02. The third-order valence-corrected chi connectivity index (χ3v) is 15.1. The first-order valence-corrected chi connectivity index (χ1v) is 25.5. The molecule has 4 N–H and O–H groups in total. The molecule has 0 bridgehead atoms. The second kappa shape index (κ2) is 19.8. The third-order valence-electron chi connectivity index (χ3n) is 14.1. The summed E-state index contributed by atoms with van der Waals surface area (Å²) in [6, 6.07) is 13.7. The standard InChI is InChI=1S/C50H50F3N11O9S/c1-27(29-6-9-32(51)10-7-29)73-39-22-30(8-11-36(39)59-74(70,71)49(52)53)43-42-44(60(2)58-43)35(24-55-45(42)54)31-23-56-63(25-31)33-16-20-62(21-17-33)50(69)72-26-28-14-18-61(19-15-28)37-5-3-4-34-41(37)48(68)64(47(34)67)38-12-13-40(65)57-46(38)66/h3-11,22-25,27-28,33,38,49,59H,12-21,26H2,1-2H3,(H2,54,55)(H,57,65,66). The fourth-order valence-corrected chi connectivity index (χ4v) is 10.7. The molecule has 2 atom stereocenters. The molecule has 4 aliphatic rings. The number of anilines is 3. The zero-order valence-corrected chi connectivity index (χ0v) is 40.9. The van der Waals surface area contributed by atoms with Crippen molar-refractivity contribution in [3.05, 3.63) is 102 Å². The fraction of sp³-hybridized carbons (Fsp3) is 0.360. The number of carbonyl (C=O) groups is 5. The summed E-state index contributed by atoms with van der Waals surface area (Å²) < 4.78 is 82.6. The first kappa shape index (κ1) is 49.6. The van der Waals surface area contributed by atoms with Gasteiger partial charge in [0.15, 0.2) is 0 Å². The molecule has 0 spiro atoms. The van der Waals surface area contributed by atoms with Crippen molar-refractivity contribution < 1.29 is 55.0 Å². The number of aryl methyl sites for hydroxylation is 1. The van der Waals surface area contributed by atoms with Crippen LogP contribution in [0.25, 0.3) is 33.3 Å². The van der Waals surface area contributed by atoms with Crippen molar-refractivity contribution in [2.75, 3.05) is 48.1 Å². The number of imide groups is 2. The summed E-state index contributed by atoms with van der Waals surface area (Å²) in [4.78, 5) is 73.9. The zero-order chi connectivity index (χ0) is 52.2. The van der Waals surface area contributed by atoms with Crippen molar-refractivity contribution in [2.24, 2.45) is 13.0 Å². The average molecular weight is 1040 g/mol. The number of fused-ring (bicyclic) bond motifs is 2. The number of ether oxygens (including phenoxy) is 2. The van der Waals surface area contributed by atoms with E-state index in [4.69, 9.17) is 25.4 Å². The van der Waals surface area contributed by atoms with E-state index in [1.807, 2.05) is 20.5 Å². The van der Waals surface area contributed by atoms with Gasteiger partial charge >= 0.3 is 11.9 Å². The number of nitrogens with zero attached hydrogens (tertiary/aromatic N) is 8. The molecular formula is C50H50F3N11O9S. The maximum Gasteiger partial charge on any atom is 0.409 e. The summed E-state index contributed by atoms with van der Waals surface area (Å²) in [5, 5.41) is 12.1. The molecule has 10 rings (SSSR count). The highest BCUT2D eigenvalue weighted by Gasteiger charge is 2.46. The molecule has 6 aromatic rings. The number of piperidine rings is 3. The van der Waals surface area contributed by atoms with Crippen LogP contribution < -0.4 is 25.4 Å². The quantitative estimate of drug-likeness (QED) is 0.106. The van der Waals surface area contributed by atoms with Gasteiger partial charge in [0, 0.05) is 68.7 Å². The summed E-state index contributed by atoms with van der Waals surface area (Å²) in [6.45, 7) is 3.86. The number of carbonyl (C=O) groups excluding carboxylic acids is 5. The van der Waals surface area contributed by atoms with Crippen molar-refractivity contribution >= 4 is 67.8 Å². The summed E-state index contributed by atoms with van der Waals surface area (Å²) in [5.74, 6) is -6.29. The predicted molar refractivity (Wildman–Crippen MR) is 263 cm³/mol. The maximum absolute atomic E-state index is 13.7. The van der Waals surface area contributed by atoms with E-state index in [0.717, 1.165) is 4.90 Å². The van der Waals surface area contributed by atoms with Crippen LogP contribution >= 0.6 is 0 Å². The van der Waals surface area contributed by atoms with Crippen molar-refractivity contribution in [3.63, 3.8) is 0 Å². The Labute approximate surface area is 421 Å². The van der Waals surface area contributed by atoms with Gasteiger partial charge in [0.25, 0.3) is 21.8 Å². The van der Waals surface area contributed by atoms with Crippen LogP contribution in [-0.2, 0) is 31.4 Å². The van der Waals surface area contributed by atoms with E-state index in [0.29, 0.717) is 96.4 Å². The highest BCUT2D eigenvalue weighted by molar-refractivity contribution is 7.93. The normalized spacial score (nSPS) is 18.3. The van der Waals surface area contributed by atoms with Crippen LogP contribution in [-0.4, -0.2) is 117 Å². The number of hydrogen-bond donors (Lipinski definition) is 3. The molecule has 2 unspecified atom stereocenters. The summed E-state index contributed by atoms with van der Waals surface area (Å²) in [7, 11) is -3.37. The molecule has 0 saturated carbocycles. The Morgan fingerprint density at radius 3 is 2.38 bits per heavy atom.